The van der Waals surface area contributed by atoms with E-state index in [0.717, 1.165) is 39.2 Å². The van der Waals surface area contributed by atoms with Crippen molar-refractivity contribution in [3.63, 3.8) is 0 Å². The van der Waals surface area contributed by atoms with Crippen molar-refractivity contribution < 1.29 is 18.0 Å². The average molecular weight is 564 g/mol. The monoisotopic (exact) mass is 563 g/mol. The van der Waals surface area contributed by atoms with Crippen molar-refractivity contribution in [2.24, 2.45) is 0 Å². The van der Waals surface area contributed by atoms with E-state index >= 15 is 0 Å². The van der Waals surface area contributed by atoms with Crippen molar-refractivity contribution in [2.45, 2.75) is 65.6 Å². The van der Waals surface area contributed by atoms with Gasteiger partial charge in [0.2, 0.25) is 21.8 Å². The summed E-state index contributed by atoms with van der Waals surface area (Å²) in [6.45, 7) is 9.40. The van der Waals surface area contributed by atoms with Crippen LogP contribution in [0.3, 0.4) is 0 Å². The molecular weight excluding hydrogens is 522 g/mol. The Kier molecular flexibility index (Phi) is 10.1. The topological polar surface area (TPSA) is 86.8 Å². The highest BCUT2D eigenvalue weighted by Gasteiger charge is 2.34. The second-order valence-electron chi connectivity index (χ2n) is 11.2. The second kappa shape index (κ2) is 13.1. The van der Waals surface area contributed by atoms with Gasteiger partial charge in [-0.3, -0.25) is 13.9 Å². The molecule has 0 aliphatic rings. The molecule has 3 aromatic rings. The smallest absolute Gasteiger partial charge is 0.244 e. The van der Waals surface area contributed by atoms with Crippen molar-refractivity contribution in [3.05, 3.63) is 101 Å². The van der Waals surface area contributed by atoms with Crippen molar-refractivity contribution in [1.82, 2.24) is 10.2 Å². The highest BCUT2D eigenvalue weighted by atomic mass is 32.2. The zero-order valence-corrected chi connectivity index (χ0v) is 25.2. The molecule has 0 aliphatic carbocycles. The van der Waals surface area contributed by atoms with Gasteiger partial charge in [0.15, 0.2) is 0 Å². The van der Waals surface area contributed by atoms with E-state index in [2.05, 4.69) is 5.32 Å². The first-order valence-electron chi connectivity index (χ1n) is 13.5. The van der Waals surface area contributed by atoms with Crippen molar-refractivity contribution >= 4 is 27.5 Å². The molecule has 0 aromatic heterocycles. The lowest BCUT2D eigenvalue weighted by atomic mass is 10.0. The fourth-order valence-electron chi connectivity index (χ4n) is 4.41. The molecule has 0 spiro atoms. The van der Waals surface area contributed by atoms with Crippen molar-refractivity contribution in [3.8, 4) is 0 Å². The van der Waals surface area contributed by atoms with E-state index in [0.29, 0.717) is 5.69 Å². The molecule has 0 fully saturated rings. The molecule has 0 saturated carbocycles. The number of rotatable bonds is 11. The predicted molar refractivity (Wildman–Crippen MR) is 162 cm³/mol. The summed E-state index contributed by atoms with van der Waals surface area (Å²) >= 11 is 0. The van der Waals surface area contributed by atoms with Crippen LogP contribution in [0.2, 0.25) is 0 Å². The Labute approximate surface area is 239 Å². The Morgan fingerprint density at radius 3 is 1.95 bits per heavy atom. The maximum Gasteiger partial charge on any atom is 0.244 e. The molecule has 0 heterocycles. The number of nitrogens with zero attached hydrogens (tertiary/aromatic N) is 2. The van der Waals surface area contributed by atoms with Gasteiger partial charge in [-0.1, -0.05) is 79.2 Å². The second-order valence-corrected chi connectivity index (χ2v) is 13.1. The number of amides is 2. The Morgan fingerprint density at radius 2 is 1.43 bits per heavy atom. The molecule has 40 heavy (non-hydrogen) atoms. The first kappa shape index (κ1) is 30.9. The van der Waals surface area contributed by atoms with E-state index in [1.807, 2.05) is 101 Å². The van der Waals surface area contributed by atoms with Gasteiger partial charge in [0.25, 0.3) is 0 Å². The highest BCUT2D eigenvalue weighted by Crippen LogP contribution is 2.21. The van der Waals surface area contributed by atoms with Gasteiger partial charge in [-0.15, -0.1) is 0 Å². The van der Waals surface area contributed by atoms with Gasteiger partial charge in [0, 0.05) is 18.5 Å². The van der Waals surface area contributed by atoms with E-state index in [4.69, 9.17) is 0 Å². The number of nitrogens with one attached hydrogen (secondary N) is 1. The molecular formula is C32H41N3O4S. The molecule has 3 aromatic carbocycles. The number of carbonyl (C=O) groups excluding carboxylic acids is 2. The lowest BCUT2D eigenvalue weighted by Crippen LogP contribution is -2.56. The molecule has 0 saturated heterocycles. The average Bonchev–Trinajstić information content (AvgIpc) is 2.89. The number of hydrogen-bond donors (Lipinski definition) is 1. The van der Waals surface area contributed by atoms with Crippen LogP contribution in [0.25, 0.3) is 0 Å². The molecule has 8 heteroatoms. The quantitative estimate of drug-likeness (QED) is 0.360. The zero-order chi connectivity index (χ0) is 29.5. The van der Waals surface area contributed by atoms with Gasteiger partial charge < -0.3 is 10.2 Å². The minimum absolute atomic E-state index is 0.153. The van der Waals surface area contributed by atoms with Crippen LogP contribution in [0.4, 0.5) is 5.69 Å². The van der Waals surface area contributed by atoms with E-state index in [1.165, 1.54) is 4.90 Å². The van der Waals surface area contributed by atoms with Gasteiger partial charge in [0.05, 0.1) is 11.9 Å². The Hall–Kier alpha value is -3.65. The van der Waals surface area contributed by atoms with Gasteiger partial charge in [0.1, 0.15) is 12.6 Å². The Morgan fingerprint density at radius 1 is 0.850 bits per heavy atom. The lowest BCUT2D eigenvalue weighted by Gasteiger charge is -2.35. The fraction of sp³-hybridized carbons (Fsp3) is 0.375. The summed E-state index contributed by atoms with van der Waals surface area (Å²) in [6.07, 6.45) is 2.18. The van der Waals surface area contributed by atoms with Crippen molar-refractivity contribution in [1.29, 1.82) is 0 Å². The normalized spacial score (nSPS) is 12.4. The van der Waals surface area contributed by atoms with Gasteiger partial charge >= 0.3 is 0 Å². The zero-order valence-electron chi connectivity index (χ0n) is 24.3. The molecule has 0 aliphatic heterocycles. The van der Waals surface area contributed by atoms with E-state index in [-0.39, 0.29) is 18.9 Å². The highest BCUT2D eigenvalue weighted by molar-refractivity contribution is 7.92. The molecule has 1 unspecified atom stereocenters. The SMILES string of the molecule is CCc1ccc(N(CC(=O)N(Cc2ccc(C)cc2)C(Cc2ccccc2)C(=O)NC(C)(C)C)S(C)(=O)=O)cc1. The first-order valence-corrected chi connectivity index (χ1v) is 15.4. The first-order chi connectivity index (χ1) is 18.8. The predicted octanol–water partition coefficient (Wildman–Crippen LogP) is 4.88. The number of carbonyl (C=O) groups is 2. The minimum atomic E-state index is -3.79. The summed E-state index contributed by atoms with van der Waals surface area (Å²) in [5.74, 6) is -0.759. The number of sulfonamides is 1. The molecule has 3 rings (SSSR count). The van der Waals surface area contributed by atoms with E-state index in [9.17, 15) is 18.0 Å². The van der Waals surface area contributed by atoms with E-state index in [1.54, 1.807) is 12.1 Å². The molecule has 2 amide bonds. The molecule has 1 atom stereocenters. The summed E-state index contributed by atoms with van der Waals surface area (Å²) in [6, 6.07) is 23.6. The van der Waals surface area contributed by atoms with Crippen LogP contribution >= 0.6 is 0 Å². The van der Waals surface area contributed by atoms with Crippen LogP contribution in [-0.2, 0) is 39.0 Å². The molecule has 1 N–H and O–H groups in total. The molecule has 0 bridgehead atoms. The molecule has 7 nitrogen and oxygen atoms in total. The lowest BCUT2D eigenvalue weighted by molar-refractivity contribution is -0.140. The van der Waals surface area contributed by atoms with Crippen LogP contribution in [-0.4, -0.2) is 49.5 Å². The van der Waals surface area contributed by atoms with Crippen LogP contribution < -0.4 is 9.62 Å². The number of benzene rings is 3. The summed E-state index contributed by atoms with van der Waals surface area (Å²) in [5.41, 5.74) is 3.76. The van der Waals surface area contributed by atoms with Crippen LogP contribution in [0.1, 0.15) is 49.9 Å². The Bertz CT molecular complexity index is 1380. The van der Waals surface area contributed by atoms with Crippen LogP contribution in [0, 0.1) is 6.92 Å². The third kappa shape index (κ3) is 8.95. The summed E-state index contributed by atoms with van der Waals surface area (Å²) in [5, 5.41) is 3.03. The third-order valence-electron chi connectivity index (χ3n) is 6.55. The van der Waals surface area contributed by atoms with Gasteiger partial charge in [-0.2, -0.15) is 0 Å². The van der Waals surface area contributed by atoms with Gasteiger partial charge in [-0.05, 0) is 62.9 Å². The molecule has 0 radical (unpaired) electrons. The summed E-state index contributed by atoms with van der Waals surface area (Å²) < 4.78 is 26.9. The maximum absolute atomic E-state index is 14.1. The maximum atomic E-state index is 14.1. The van der Waals surface area contributed by atoms with Gasteiger partial charge in [-0.25, -0.2) is 8.42 Å². The van der Waals surface area contributed by atoms with E-state index < -0.39 is 34.1 Å². The van der Waals surface area contributed by atoms with Crippen molar-refractivity contribution in [2.75, 3.05) is 17.1 Å². The van der Waals surface area contributed by atoms with Crippen LogP contribution in [0.15, 0.2) is 78.9 Å². The summed E-state index contributed by atoms with van der Waals surface area (Å²) in [4.78, 5) is 29.4. The largest absolute Gasteiger partial charge is 0.350 e. The van der Waals surface area contributed by atoms with Crippen LogP contribution in [0.5, 0.6) is 0 Å². The Balaban J connectivity index is 2.05. The fourth-order valence-corrected chi connectivity index (χ4v) is 5.26. The standard InChI is InChI=1S/C32H41N3O4S/c1-7-25-17-19-28(20-18-25)35(40(6,38)39)23-30(36)34(22-27-15-13-24(2)14-16-27)29(31(37)33-32(3,4)5)21-26-11-9-8-10-12-26/h8-20,29H,7,21-23H2,1-6H3,(H,33,37). The third-order valence-corrected chi connectivity index (χ3v) is 7.70. The summed E-state index contributed by atoms with van der Waals surface area (Å²) in [7, 11) is -3.79. The number of hydrogen-bond acceptors (Lipinski definition) is 4. The molecule has 214 valence electrons. The number of anilines is 1. The number of aryl methyl sites for hydroxylation is 2. The minimum Gasteiger partial charge on any atom is -0.350 e.